The van der Waals surface area contributed by atoms with E-state index < -0.39 is 18.0 Å². The monoisotopic (exact) mass is 456 g/mol. The Morgan fingerprint density at radius 1 is 0.939 bits per heavy atom. The van der Waals surface area contributed by atoms with Crippen LogP contribution >= 0.6 is 11.3 Å². The Balaban J connectivity index is 1.94. The number of amides is 1. The maximum absolute atomic E-state index is 12.3. The van der Waals surface area contributed by atoms with E-state index in [9.17, 15) is 19.8 Å². The zero-order chi connectivity index (χ0) is 23.1. The van der Waals surface area contributed by atoms with Crippen molar-refractivity contribution in [1.82, 2.24) is 4.57 Å². The first kappa shape index (κ1) is 20.9. The lowest BCUT2D eigenvalue weighted by molar-refractivity contribution is -0.146. The molecule has 3 aromatic carbocycles. The molecule has 0 spiro atoms. The molecular weight excluding hydrogens is 436 g/mol. The highest BCUT2D eigenvalue weighted by molar-refractivity contribution is 7.13. The molecule has 1 unspecified atom stereocenters. The van der Waals surface area contributed by atoms with Crippen LogP contribution in [0.1, 0.15) is 27.6 Å². The van der Waals surface area contributed by atoms with Crippen molar-refractivity contribution in [2.24, 2.45) is 5.73 Å². The van der Waals surface area contributed by atoms with Crippen molar-refractivity contribution in [2.75, 3.05) is 0 Å². The summed E-state index contributed by atoms with van der Waals surface area (Å²) < 4.78 is 2.04. The van der Waals surface area contributed by atoms with Gasteiger partial charge in [0.1, 0.15) is 0 Å². The molecule has 5 rings (SSSR count). The van der Waals surface area contributed by atoms with Crippen LogP contribution in [0.2, 0.25) is 0 Å². The van der Waals surface area contributed by atoms with Gasteiger partial charge in [0.05, 0.1) is 11.0 Å². The van der Waals surface area contributed by atoms with Gasteiger partial charge in [0.2, 0.25) is 5.91 Å². The molecule has 0 aliphatic carbocycles. The standard InChI is InChI=1S/C26H20N2O4S/c27-25(30)17-8-4-9-19-22(17)23-18(24(29)26(31)32)12-16(21-10-5-11-33-21)13-20(23)28(19)14-15-6-2-1-3-7-15/h1-13,24,29H,14H2,(H2,27,30)(H,31,32). The van der Waals surface area contributed by atoms with Gasteiger partial charge < -0.3 is 20.5 Å². The van der Waals surface area contributed by atoms with Crippen molar-refractivity contribution in [2.45, 2.75) is 12.6 Å². The number of aliphatic hydroxyl groups is 1. The Morgan fingerprint density at radius 3 is 2.39 bits per heavy atom. The van der Waals surface area contributed by atoms with Gasteiger partial charge in [-0.1, -0.05) is 42.5 Å². The SMILES string of the molecule is NC(=O)c1cccc2c1c1c(C(O)C(=O)O)cc(-c3cccs3)cc1n2Cc1ccccc1. The molecular formula is C26H20N2O4S. The average molecular weight is 457 g/mol. The fourth-order valence-corrected chi connectivity index (χ4v) is 5.08. The van der Waals surface area contributed by atoms with Crippen LogP contribution in [0, 0.1) is 0 Å². The number of benzene rings is 3. The lowest BCUT2D eigenvalue weighted by Gasteiger charge is -2.13. The summed E-state index contributed by atoms with van der Waals surface area (Å²) in [5.74, 6) is -1.97. The van der Waals surface area contributed by atoms with Gasteiger partial charge in [-0.05, 0) is 46.8 Å². The molecule has 5 aromatic rings. The zero-order valence-electron chi connectivity index (χ0n) is 17.4. The Kier molecular flexibility index (Phi) is 5.20. The second kappa shape index (κ2) is 8.20. The number of aliphatic carboxylic acids is 1. The van der Waals surface area contributed by atoms with Crippen LogP contribution in [-0.2, 0) is 11.3 Å². The number of rotatable bonds is 6. The maximum atomic E-state index is 12.3. The quantitative estimate of drug-likeness (QED) is 0.342. The van der Waals surface area contributed by atoms with E-state index in [2.05, 4.69) is 0 Å². The normalized spacial score (nSPS) is 12.3. The zero-order valence-corrected chi connectivity index (χ0v) is 18.3. The molecule has 2 heterocycles. The second-order valence-electron chi connectivity index (χ2n) is 7.81. The molecule has 1 atom stereocenters. The molecule has 1 amide bonds. The Bertz CT molecular complexity index is 1500. The van der Waals surface area contributed by atoms with E-state index in [0.717, 1.165) is 27.0 Å². The summed E-state index contributed by atoms with van der Waals surface area (Å²) in [5, 5.41) is 23.4. The molecule has 0 bridgehead atoms. The molecule has 33 heavy (non-hydrogen) atoms. The van der Waals surface area contributed by atoms with Crippen LogP contribution in [0.5, 0.6) is 0 Å². The number of carboxylic acid groups (broad SMARTS) is 1. The van der Waals surface area contributed by atoms with E-state index in [1.165, 1.54) is 11.3 Å². The third-order valence-corrected chi connectivity index (χ3v) is 6.72. The first-order chi connectivity index (χ1) is 16.0. The van der Waals surface area contributed by atoms with Crippen molar-refractivity contribution in [3.63, 3.8) is 0 Å². The number of hydrogen-bond donors (Lipinski definition) is 3. The Morgan fingerprint density at radius 2 is 1.73 bits per heavy atom. The molecule has 7 heteroatoms. The molecule has 2 aromatic heterocycles. The first-order valence-corrected chi connectivity index (χ1v) is 11.2. The van der Waals surface area contributed by atoms with Gasteiger partial charge in [-0.2, -0.15) is 0 Å². The molecule has 0 aliphatic heterocycles. The van der Waals surface area contributed by atoms with Crippen molar-refractivity contribution in [3.8, 4) is 10.4 Å². The molecule has 0 saturated carbocycles. The number of primary amides is 1. The van der Waals surface area contributed by atoms with E-state index in [1.54, 1.807) is 18.2 Å². The lowest BCUT2D eigenvalue weighted by Crippen LogP contribution is -2.13. The summed E-state index contributed by atoms with van der Waals surface area (Å²) in [6.45, 7) is 0.500. The van der Waals surface area contributed by atoms with E-state index in [0.29, 0.717) is 17.3 Å². The van der Waals surface area contributed by atoms with Crippen LogP contribution in [0.4, 0.5) is 0 Å². The molecule has 0 radical (unpaired) electrons. The number of aromatic nitrogens is 1. The third kappa shape index (κ3) is 3.57. The van der Waals surface area contributed by atoms with Crippen LogP contribution in [0.25, 0.3) is 32.2 Å². The number of nitrogens with two attached hydrogens (primary N) is 1. The summed E-state index contributed by atoms with van der Waals surface area (Å²) in [5.41, 5.74) is 9.52. The average Bonchev–Trinajstić information content (AvgIpc) is 3.46. The summed E-state index contributed by atoms with van der Waals surface area (Å²) >= 11 is 1.53. The summed E-state index contributed by atoms with van der Waals surface area (Å²) in [6, 6.07) is 22.7. The topological polar surface area (TPSA) is 106 Å². The van der Waals surface area contributed by atoms with Gasteiger partial charge in [0.25, 0.3) is 0 Å². The number of carbonyl (C=O) groups excluding carboxylic acids is 1. The van der Waals surface area contributed by atoms with Gasteiger partial charge in [-0.15, -0.1) is 11.3 Å². The second-order valence-corrected chi connectivity index (χ2v) is 8.76. The molecule has 4 N–H and O–H groups in total. The minimum Gasteiger partial charge on any atom is -0.479 e. The smallest absolute Gasteiger partial charge is 0.337 e. The van der Waals surface area contributed by atoms with Gasteiger partial charge in [-0.3, -0.25) is 4.79 Å². The number of nitrogens with zero attached hydrogens (tertiary/aromatic N) is 1. The molecule has 0 fully saturated rings. The summed E-state index contributed by atoms with van der Waals surface area (Å²) in [6.07, 6.45) is -1.76. The molecule has 6 nitrogen and oxygen atoms in total. The number of fused-ring (bicyclic) bond motifs is 3. The largest absolute Gasteiger partial charge is 0.479 e. The maximum Gasteiger partial charge on any atom is 0.337 e. The molecule has 164 valence electrons. The fraction of sp³-hybridized carbons (Fsp3) is 0.0769. The minimum atomic E-state index is -1.76. The van der Waals surface area contributed by atoms with Crippen LogP contribution < -0.4 is 5.73 Å². The molecule has 0 saturated heterocycles. The predicted molar refractivity (Wildman–Crippen MR) is 129 cm³/mol. The summed E-state index contributed by atoms with van der Waals surface area (Å²) in [7, 11) is 0. The highest BCUT2D eigenvalue weighted by Crippen LogP contribution is 2.40. The fourth-order valence-electron chi connectivity index (χ4n) is 4.37. The molecule has 0 aliphatic rings. The highest BCUT2D eigenvalue weighted by atomic mass is 32.1. The van der Waals surface area contributed by atoms with Gasteiger partial charge in [-0.25, -0.2) is 4.79 Å². The van der Waals surface area contributed by atoms with Crippen LogP contribution in [-0.4, -0.2) is 26.7 Å². The van der Waals surface area contributed by atoms with Crippen LogP contribution in [0.3, 0.4) is 0 Å². The van der Waals surface area contributed by atoms with Gasteiger partial charge in [0, 0.05) is 33.3 Å². The lowest BCUT2D eigenvalue weighted by atomic mass is 9.96. The minimum absolute atomic E-state index is 0.230. The summed E-state index contributed by atoms with van der Waals surface area (Å²) in [4.78, 5) is 25.1. The number of carbonyl (C=O) groups is 2. The Hall–Kier alpha value is -3.94. The number of carboxylic acids is 1. The van der Waals surface area contributed by atoms with Crippen molar-refractivity contribution in [1.29, 1.82) is 0 Å². The Labute approximate surface area is 193 Å². The van der Waals surface area contributed by atoms with Gasteiger partial charge >= 0.3 is 5.97 Å². The number of thiophene rings is 1. The van der Waals surface area contributed by atoms with Crippen molar-refractivity contribution >= 4 is 45.0 Å². The van der Waals surface area contributed by atoms with E-state index >= 15 is 0 Å². The van der Waals surface area contributed by atoms with Crippen molar-refractivity contribution in [3.05, 3.63) is 94.9 Å². The highest BCUT2D eigenvalue weighted by Gasteiger charge is 2.26. The van der Waals surface area contributed by atoms with Crippen LogP contribution in [0.15, 0.2) is 78.2 Å². The third-order valence-electron chi connectivity index (χ3n) is 5.81. The van der Waals surface area contributed by atoms with E-state index in [-0.39, 0.29) is 11.1 Å². The number of aliphatic hydroxyl groups excluding tert-OH is 1. The van der Waals surface area contributed by atoms with Crippen molar-refractivity contribution < 1.29 is 19.8 Å². The predicted octanol–water partition coefficient (Wildman–Crippen LogP) is 4.79. The van der Waals surface area contributed by atoms with Gasteiger partial charge in [0.15, 0.2) is 6.10 Å². The first-order valence-electron chi connectivity index (χ1n) is 10.3. The van der Waals surface area contributed by atoms with E-state index in [4.69, 9.17) is 5.73 Å². The van der Waals surface area contributed by atoms with E-state index in [1.807, 2.05) is 64.5 Å². The number of hydrogen-bond acceptors (Lipinski definition) is 4.